The summed E-state index contributed by atoms with van der Waals surface area (Å²) in [6, 6.07) is 6.39. The van der Waals surface area contributed by atoms with Crippen molar-refractivity contribution >= 4 is 27.5 Å². The Morgan fingerprint density at radius 3 is 2.58 bits per heavy atom. The first-order chi connectivity index (χ1) is 8.90. The van der Waals surface area contributed by atoms with Crippen molar-refractivity contribution in [2.75, 3.05) is 10.0 Å². The van der Waals surface area contributed by atoms with Crippen LogP contribution in [0, 0.1) is 0 Å². The number of unbranched alkanes of at least 4 members (excludes halogenated alkanes) is 2. The van der Waals surface area contributed by atoms with Crippen LogP contribution in [0.15, 0.2) is 24.3 Å². The number of carbonyl (C=O) groups excluding carboxylic acids is 1. The molecule has 0 saturated carbocycles. The molecule has 0 aromatic heterocycles. The predicted octanol–water partition coefficient (Wildman–Crippen LogP) is 1.82. The van der Waals surface area contributed by atoms with E-state index in [0.29, 0.717) is 17.8 Å². The lowest BCUT2D eigenvalue weighted by atomic mass is 10.2. The second-order valence-corrected chi connectivity index (χ2v) is 5.53. The molecule has 19 heavy (non-hydrogen) atoms. The van der Waals surface area contributed by atoms with Crippen LogP contribution in [-0.4, -0.2) is 14.3 Å². The number of benzene rings is 1. The minimum atomic E-state index is -3.80. The lowest BCUT2D eigenvalue weighted by Gasteiger charge is -2.08. The van der Waals surface area contributed by atoms with Gasteiger partial charge in [-0.05, 0) is 24.6 Å². The van der Waals surface area contributed by atoms with Gasteiger partial charge in [-0.3, -0.25) is 9.52 Å². The monoisotopic (exact) mass is 285 g/mol. The number of nitrogens with one attached hydrogen (secondary N) is 2. The second-order valence-electron chi connectivity index (χ2n) is 4.23. The lowest BCUT2D eigenvalue weighted by Crippen LogP contribution is -2.21. The van der Waals surface area contributed by atoms with Crippen LogP contribution in [0.1, 0.15) is 32.6 Å². The molecule has 1 aromatic carbocycles. The first-order valence-corrected chi connectivity index (χ1v) is 7.66. The van der Waals surface area contributed by atoms with Gasteiger partial charge in [0.15, 0.2) is 0 Å². The van der Waals surface area contributed by atoms with Crippen LogP contribution in [0.25, 0.3) is 0 Å². The Hall–Kier alpha value is -1.60. The first-order valence-electron chi connectivity index (χ1n) is 6.11. The Morgan fingerprint density at radius 2 is 1.95 bits per heavy atom. The highest BCUT2D eigenvalue weighted by Gasteiger charge is 2.05. The third-order valence-corrected chi connectivity index (χ3v) is 2.93. The maximum atomic E-state index is 11.6. The van der Waals surface area contributed by atoms with Gasteiger partial charge in [0.1, 0.15) is 0 Å². The standard InChI is InChI=1S/C12H19N3O3S/c1-2-3-4-8-12(16)14-10-6-5-7-11(9-10)15-19(13,17)18/h5-7,9,15H,2-4,8H2,1H3,(H,14,16)(H2,13,17,18). The summed E-state index contributed by atoms with van der Waals surface area (Å²) in [5.74, 6) is -0.0822. The molecule has 0 spiro atoms. The number of amides is 1. The Labute approximate surface area is 113 Å². The van der Waals surface area contributed by atoms with E-state index in [-0.39, 0.29) is 5.91 Å². The van der Waals surface area contributed by atoms with Gasteiger partial charge in [0.2, 0.25) is 5.91 Å². The zero-order valence-electron chi connectivity index (χ0n) is 10.8. The fourth-order valence-electron chi connectivity index (χ4n) is 1.58. The molecule has 106 valence electrons. The van der Waals surface area contributed by atoms with Crippen LogP contribution in [-0.2, 0) is 15.0 Å². The summed E-state index contributed by atoms with van der Waals surface area (Å²) >= 11 is 0. The molecule has 1 rings (SSSR count). The molecule has 1 aromatic rings. The maximum absolute atomic E-state index is 11.6. The number of nitrogens with two attached hydrogens (primary N) is 1. The van der Waals surface area contributed by atoms with Crippen molar-refractivity contribution in [2.45, 2.75) is 32.6 Å². The Bertz CT molecular complexity index is 529. The van der Waals surface area contributed by atoms with E-state index in [9.17, 15) is 13.2 Å². The fraction of sp³-hybridized carbons (Fsp3) is 0.417. The highest BCUT2D eigenvalue weighted by atomic mass is 32.2. The third kappa shape index (κ3) is 6.78. The van der Waals surface area contributed by atoms with Crippen LogP contribution in [0.2, 0.25) is 0 Å². The van der Waals surface area contributed by atoms with Crippen LogP contribution in [0.4, 0.5) is 11.4 Å². The minimum Gasteiger partial charge on any atom is -0.326 e. The highest BCUT2D eigenvalue weighted by Crippen LogP contribution is 2.16. The average Bonchev–Trinajstić information content (AvgIpc) is 2.27. The zero-order valence-corrected chi connectivity index (χ0v) is 11.7. The van der Waals surface area contributed by atoms with Gasteiger partial charge in [-0.15, -0.1) is 0 Å². The Kier molecular flexibility index (Phi) is 5.78. The molecule has 0 heterocycles. The van der Waals surface area contributed by atoms with Gasteiger partial charge in [0.05, 0.1) is 5.69 Å². The van der Waals surface area contributed by atoms with Gasteiger partial charge in [-0.2, -0.15) is 8.42 Å². The molecule has 0 fully saturated rings. The summed E-state index contributed by atoms with van der Waals surface area (Å²) < 4.78 is 23.9. The quantitative estimate of drug-likeness (QED) is 0.666. The van der Waals surface area contributed by atoms with Crippen molar-refractivity contribution in [2.24, 2.45) is 5.14 Å². The number of carbonyl (C=O) groups is 1. The second kappa shape index (κ2) is 7.10. The van der Waals surface area contributed by atoms with Gasteiger partial charge in [0, 0.05) is 12.1 Å². The largest absolute Gasteiger partial charge is 0.326 e. The van der Waals surface area contributed by atoms with Gasteiger partial charge >= 0.3 is 0 Å². The molecule has 0 aliphatic heterocycles. The highest BCUT2D eigenvalue weighted by molar-refractivity contribution is 7.90. The van der Waals surface area contributed by atoms with Crippen LogP contribution < -0.4 is 15.2 Å². The van der Waals surface area contributed by atoms with Crippen LogP contribution in [0.3, 0.4) is 0 Å². The molecular formula is C12H19N3O3S. The predicted molar refractivity (Wildman–Crippen MR) is 75.9 cm³/mol. The molecule has 0 unspecified atom stereocenters. The van der Waals surface area contributed by atoms with E-state index >= 15 is 0 Å². The van der Waals surface area contributed by atoms with Crippen molar-refractivity contribution in [1.82, 2.24) is 0 Å². The van der Waals surface area contributed by atoms with E-state index in [1.54, 1.807) is 18.2 Å². The molecule has 6 nitrogen and oxygen atoms in total. The molecule has 1 amide bonds. The average molecular weight is 285 g/mol. The molecule has 0 saturated heterocycles. The van der Waals surface area contributed by atoms with E-state index < -0.39 is 10.2 Å². The zero-order chi connectivity index (χ0) is 14.3. The molecule has 4 N–H and O–H groups in total. The van der Waals surface area contributed by atoms with Crippen LogP contribution >= 0.6 is 0 Å². The number of hydrogen-bond acceptors (Lipinski definition) is 3. The summed E-state index contributed by atoms with van der Waals surface area (Å²) in [5, 5.41) is 7.59. The Balaban J connectivity index is 2.59. The Morgan fingerprint density at radius 1 is 1.26 bits per heavy atom. The molecule has 0 aliphatic rings. The number of rotatable bonds is 7. The van der Waals surface area contributed by atoms with E-state index in [4.69, 9.17) is 5.14 Å². The molecular weight excluding hydrogens is 266 g/mol. The van der Waals surface area contributed by atoms with E-state index in [1.807, 2.05) is 0 Å². The van der Waals surface area contributed by atoms with E-state index in [2.05, 4.69) is 17.0 Å². The smallest absolute Gasteiger partial charge is 0.296 e. The maximum Gasteiger partial charge on any atom is 0.296 e. The van der Waals surface area contributed by atoms with Crippen molar-refractivity contribution in [3.05, 3.63) is 24.3 Å². The molecule has 0 atom stereocenters. The summed E-state index contributed by atoms with van der Waals surface area (Å²) in [6.07, 6.45) is 3.37. The van der Waals surface area contributed by atoms with E-state index in [0.717, 1.165) is 19.3 Å². The lowest BCUT2D eigenvalue weighted by molar-refractivity contribution is -0.116. The number of anilines is 2. The molecule has 7 heteroatoms. The fourth-order valence-corrected chi connectivity index (χ4v) is 2.04. The van der Waals surface area contributed by atoms with Crippen LogP contribution in [0.5, 0.6) is 0 Å². The van der Waals surface area contributed by atoms with Gasteiger partial charge < -0.3 is 5.32 Å². The topological polar surface area (TPSA) is 101 Å². The molecule has 0 radical (unpaired) electrons. The van der Waals surface area contributed by atoms with Gasteiger partial charge in [0.25, 0.3) is 10.2 Å². The first kappa shape index (κ1) is 15.5. The van der Waals surface area contributed by atoms with E-state index in [1.165, 1.54) is 6.07 Å². The third-order valence-electron chi connectivity index (χ3n) is 2.41. The normalized spacial score (nSPS) is 11.1. The molecule has 0 aliphatic carbocycles. The number of hydrogen-bond donors (Lipinski definition) is 3. The van der Waals surface area contributed by atoms with Crippen molar-refractivity contribution in [1.29, 1.82) is 0 Å². The SMILES string of the molecule is CCCCCC(=O)Nc1cccc(NS(N)(=O)=O)c1. The van der Waals surface area contributed by atoms with Gasteiger partial charge in [-0.1, -0.05) is 25.8 Å². The summed E-state index contributed by atoms with van der Waals surface area (Å²) in [6.45, 7) is 2.07. The van der Waals surface area contributed by atoms with Crippen molar-refractivity contribution < 1.29 is 13.2 Å². The van der Waals surface area contributed by atoms with Gasteiger partial charge in [-0.25, -0.2) is 5.14 Å². The minimum absolute atomic E-state index is 0.0822. The molecule has 0 bridgehead atoms. The summed E-state index contributed by atoms with van der Waals surface area (Å²) in [5.41, 5.74) is 0.851. The summed E-state index contributed by atoms with van der Waals surface area (Å²) in [7, 11) is -3.80. The van der Waals surface area contributed by atoms with Crippen molar-refractivity contribution in [3.63, 3.8) is 0 Å². The summed E-state index contributed by atoms with van der Waals surface area (Å²) in [4.78, 5) is 11.6. The van der Waals surface area contributed by atoms with Crippen molar-refractivity contribution in [3.8, 4) is 0 Å².